The van der Waals surface area contributed by atoms with Crippen molar-refractivity contribution >= 4 is 0 Å². The van der Waals surface area contributed by atoms with E-state index in [-0.39, 0.29) is 6.54 Å². The van der Waals surface area contributed by atoms with Gasteiger partial charge in [-0.2, -0.15) is 5.90 Å². The summed E-state index contributed by atoms with van der Waals surface area (Å²) in [5, 5.41) is 4.13. The zero-order valence-corrected chi connectivity index (χ0v) is 8.30. The number of hydrogen-bond acceptors (Lipinski definition) is 4. The highest BCUT2D eigenvalue weighted by Gasteiger charge is 1.98. The van der Waals surface area contributed by atoms with E-state index in [2.05, 4.69) is 16.0 Å². The average molecular weight is 208 g/mol. The summed E-state index contributed by atoms with van der Waals surface area (Å²) in [5.41, 5.74) is 1.14. The lowest BCUT2D eigenvalue weighted by Crippen LogP contribution is -2.19. The zero-order chi connectivity index (χ0) is 11.1. The van der Waals surface area contributed by atoms with Crippen LogP contribution in [0.4, 0.5) is 0 Å². The number of aryl methyl sites for hydroxylation is 1. The van der Waals surface area contributed by atoms with Crippen molar-refractivity contribution in [3.8, 4) is 11.8 Å². The molecule has 0 bridgehead atoms. The summed E-state index contributed by atoms with van der Waals surface area (Å²) in [4.78, 5) is 9.00. The molecule has 0 saturated heterocycles. The SMILES string of the molecule is Cc1ccc(O[N+]#CCN([NH-])ON)cc1. The molecule has 0 heterocycles. The Kier molecular flexibility index (Phi) is 4.53. The van der Waals surface area contributed by atoms with Gasteiger partial charge in [0, 0.05) is 0 Å². The number of nitrogens with one attached hydrogen (secondary N) is 1. The van der Waals surface area contributed by atoms with Crippen LogP contribution >= 0.6 is 0 Å². The van der Waals surface area contributed by atoms with Gasteiger partial charge < -0.3 is 5.84 Å². The van der Waals surface area contributed by atoms with E-state index in [1.807, 2.05) is 19.1 Å². The Balaban J connectivity index is 2.39. The molecule has 1 aromatic rings. The summed E-state index contributed by atoms with van der Waals surface area (Å²) in [5.74, 6) is 12.2. The maximum atomic E-state index is 6.94. The first-order valence-electron chi connectivity index (χ1n) is 4.24. The number of rotatable bonds is 3. The van der Waals surface area contributed by atoms with Crippen molar-refractivity contribution in [2.45, 2.75) is 6.92 Å². The third-order valence-corrected chi connectivity index (χ3v) is 1.58. The molecule has 0 saturated carbocycles. The molecule has 0 aliphatic rings. The van der Waals surface area contributed by atoms with Crippen LogP contribution in [0.2, 0.25) is 0 Å². The van der Waals surface area contributed by atoms with Crippen LogP contribution in [0.5, 0.6) is 5.75 Å². The van der Waals surface area contributed by atoms with Crippen molar-refractivity contribution in [3.63, 3.8) is 0 Å². The molecule has 0 aromatic heterocycles. The van der Waals surface area contributed by atoms with Gasteiger partial charge in [0.15, 0.2) is 0 Å². The van der Waals surface area contributed by atoms with E-state index >= 15 is 0 Å². The summed E-state index contributed by atoms with van der Waals surface area (Å²) in [7, 11) is 0. The fraction of sp³-hybridized carbons (Fsp3) is 0.222. The highest BCUT2D eigenvalue weighted by molar-refractivity contribution is 5.26. The molecule has 0 aliphatic carbocycles. The molecule has 15 heavy (non-hydrogen) atoms. The molecule has 0 radical (unpaired) electrons. The predicted molar refractivity (Wildman–Crippen MR) is 55.4 cm³/mol. The number of nitrogens with zero attached hydrogens (tertiary/aromatic N) is 2. The smallest absolute Gasteiger partial charge is 0.366 e. The fourth-order valence-electron chi connectivity index (χ4n) is 0.814. The van der Waals surface area contributed by atoms with Crippen molar-refractivity contribution in [2.24, 2.45) is 5.90 Å². The van der Waals surface area contributed by atoms with Crippen LogP contribution in [0.3, 0.4) is 0 Å². The molecule has 80 valence electrons. The summed E-state index contributed by atoms with van der Waals surface area (Å²) in [6, 6.07) is 9.83. The molecule has 0 fully saturated rings. The van der Waals surface area contributed by atoms with E-state index in [1.54, 1.807) is 12.1 Å². The minimum Gasteiger partial charge on any atom is -0.581 e. The molecule has 0 spiro atoms. The summed E-state index contributed by atoms with van der Waals surface area (Å²) >= 11 is 0. The van der Waals surface area contributed by atoms with E-state index in [1.165, 1.54) is 0 Å². The van der Waals surface area contributed by atoms with Gasteiger partial charge >= 0.3 is 6.07 Å². The molecule has 6 heteroatoms. The maximum Gasteiger partial charge on any atom is 0.366 e. The van der Waals surface area contributed by atoms with E-state index in [4.69, 9.17) is 16.6 Å². The van der Waals surface area contributed by atoms with Crippen molar-refractivity contribution in [2.75, 3.05) is 6.54 Å². The molecule has 0 aliphatic heterocycles. The van der Waals surface area contributed by atoms with Gasteiger partial charge in [0.1, 0.15) is 6.54 Å². The Morgan fingerprint density at radius 3 is 2.73 bits per heavy atom. The zero-order valence-electron chi connectivity index (χ0n) is 8.30. The van der Waals surface area contributed by atoms with Crippen LogP contribution in [0.15, 0.2) is 24.3 Å². The Hall–Kier alpha value is -1.65. The Morgan fingerprint density at radius 1 is 1.47 bits per heavy atom. The second kappa shape index (κ2) is 5.95. The van der Waals surface area contributed by atoms with Gasteiger partial charge in [0.2, 0.25) is 10.8 Å². The van der Waals surface area contributed by atoms with Crippen LogP contribution < -0.4 is 10.7 Å². The van der Waals surface area contributed by atoms with Crippen molar-refractivity contribution < 1.29 is 9.78 Å². The van der Waals surface area contributed by atoms with Crippen LogP contribution in [0.1, 0.15) is 5.56 Å². The molecule has 0 unspecified atom stereocenters. The topological polar surface area (TPSA) is 75.9 Å². The standard InChI is InChI=1S/C9H12N4O2/c1-8-2-4-9(5-3-8)14-12-6-7-13(10)15-11/h2-5,10H,7,11H2,1H3. The second-order valence-electron chi connectivity index (χ2n) is 2.80. The van der Waals surface area contributed by atoms with E-state index < -0.39 is 0 Å². The van der Waals surface area contributed by atoms with Crippen molar-refractivity contribution in [3.05, 3.63) is 40.7 Å². The molecule has 3 N–H and O–H groups in total. The van der Waals surface area contributed by atoms with E-state index in [0.717, 1.165) is 5.56 Å². The first-order valence-corrected chi connectivity index (χ1v) is 4.24. The lowest BCUT2D eigenvalue weighted by molar-refractivity contribution is -0.114. The van der Waals surface area contributed by atoms with Gasteiger partial charge in [0.25, 0.3) is 0 Å². The summed E-state index contributed by atoms with van der Waals surface area (Å²) in [6.45, 7) is 1.98. The Bertz CT molecular complexity index is 355. The van der Waals surface area contributed by atoms with Gasteiger partial charge in [-0.1, -0.05) is 17.7 Å². The number of hydroxylamine groups is 1. The fourth-order valence-corrected chi connectivity index (χ4v) is 0.814. The minimum absolute atomic E-state index is 0.00234. The molecule has 1 rings (SSSR count). The van der Waals surface area contributed by atoms with E-state index in [9.17, 15) is 0 Å². The highest BCUT2D eigenvalue weighted by atomic mass is 16.8. The third-order valence-electron chi connectivity index (χ3n) is 1.58. The van der Waals surface area contributed by atoms with Gasteiger partial charge in [-0.3, -0.25) is 0 Å². The van der Waals surface area contributed by atoms with E-state index in [0.29, 0.717) is 10.9 Å². The molecule has 0 amide bonds. The molecule has 0 atom stereocenters. The quantitative estimate of drug-likeness (QED) is 0.605. The number of benzene rings is 1. The van der Waals surface area contributed by atoms with Crippen molar-refractivity contribution in [1.29, 1.82) is 0 Å². The largest absolute Gasteiger partial charge is 0.581 e. The molecule has 6 nitrogen and oxygen atoms in total. The second-order valence-corrected chi connectivity index (χ2v) is 2.80. The minimum atomic E-state index is 0.00234. The van der Waals surface area contributed by atoms with Crippen molar-refractivity contribution in [1.82, 2.24) is 5.17 Å². The van der Waals surface area contributed by atoms with Crippen LogP contribution in [0, 0.1) is 13.0 Å². The predicted octanol–water partition coefficient (Wildman–Crippen LogP) is 1.70. The maximum absolute atomic E-state index is 6.94. The first-order chi connectivity index (χ1) is 7.22. The van der Waals surface area contributed by atoms with Crippen LogP contribution in [-0.4, -0.2) is 11.7 Å². The summed E-state index contributed by atoms with van der Waals surface area (Å²) < 4.78 is 0. The Labute approximate surface area is 87.6 Å². The average Bonchev–Trinajstić information content (AvgIpc) is 2.26. The van der Waals surface area contributed by atoms with Gasteiger partial charge in [0.05, 0.1) is 0 Å². The lowest BCUT2D eigenvalue weighted by Gasteiger charge is -2.14. The Morgan fingerprint density at radius 2 is 2.13 bits per heavy atom. The normalized spacial score (nSPS) is 9.60. The van der Waals surface area contributed by atoms with Crippen LogP contribution in [0.25, 0.3) is 10.9 Å². The third kappa shape index (κ3) is 4.39. The molecular formula is C9H12N4O2. The first kappa shape index (κ1) is 11.4. The van der Waals surface area contributed by atoms with Crippen LogP contribution in [-0.2, 0) is 4.94 Å². The molecule has 1 aromatic carbocycles. The lowest BCUT2D eigenvalue weighted by atomic mass is 10.2. The van der Waals surface area contributed by atoms with Gasteiger partial charge in [-0.25, -0.2) is 10.1 Å². The number of nitrogens with two attached hydrogens (primary N) is 1. The monoisotopic (exact) mass is 208 g/mol. The summed E-state index contributed by atoms with van der Waals surface area (Å²) in [6.07, 6.45) is 0. The highest BCUT2D eigenvalue weighted by Crippen LogP contribution is 2.11. The number of hydrogen-bond donors (Lipinski definition) is 1. The van der Waals surface area contributed by atoms with Gasteiger partial charge in [-0.05, 0) is 19.1 Å². The van der Waals surface area contributed by atoms with Gasteiger partial charge in [-0.15, -0.1) is 4.84 Å². The molecular weight excluding hydrogens is 196 g/mol.